The number of nitrogens with one attached hydrogen (secondary N) is 1. The average molecular weight is 380 g/mol. The van der Waals surface area contributed by atoms with Crippen molar-refractivity contribution in [3.8, 4) is 0 Å². The van der Waals surface area contributed by atoms with Crippen LogP contribution in [0.4, 0.5) is 5.82 Å². The second kappa shape index (κ2) is 7.92. The number of rotatable bonds is 6. The molecular weight excluding hydrogens is 362 g/mol. The minimum atomic E-state index is -0.309. The van der Waals surface area contributed by atoms with E-state index < -0.39 is 0 Å². The highest BCUT2D eigenvalue weighted by Gasteiger charge is 2.14. The number of hydrogen-bond acceptors (Lipinski definition) is 4. The lowest BCUT2D eigenvalue weighted by Gasteiger charge is -2.16. The molecule has 0 unspecified atom stereocenters. The first-order valence-electron chi connectivity index (χ1n) is 7.15. The standard InChI is InChI=1S/C16H18BrN3O3/c1-11-8-14(19-23-11)18-15(21)10-20(2)16(22)7-6-12-4-3-5-13(17)9-12/h3-5,8-9H,6-7,10H2,1-2H3,(H,18,19,21). The Hall–Kier alpha value is -2.15. The third-order valence-electron chi connectivity index (χ3n) is 3.22. The predicted octanol–water partition coefficient (Wildman–Crippen LogP) is 2.78. The van der Waals surface area contributed by atoms with E-state index in [1.807, 2.05) is 24.3 Å². The summed E-state index contributed by atoms with van der Waals surface area (Å²) in [5, 5.41) is 6.26. The molecule has 23 heavy (non-hydrogen) atoms. The summed E-state index contributed by atoms with van der Waals surface area (Å²) in [6.07, 6.45) is 0.982. The van der Waals surface area contributed by atoms with Gasteiger partial charge in [-0.15, -0.1) is 0 Å². The highest BCUT2D eigenvalue weighted by atomic mass is 79.9. The SMILES string of the molecule is Cc1cc(NC(=O)CN(C)C(=O)CCc2cccc(Br)c2)no1. The van der Waals surface area contributed by atoms with Crippen molar-refractivity contribution in [2.24, 2.45) is 0 Å². The van der Waals surface area contributed by atoms with Gasteiger partial charge in [-0.05, 0) is 31.0 Å². The molecule has 6 nitrogen and oxygen atoms in total. The Balaban J connectivity index is 1.79. The Morgan fingerprint density at radius 1 is 1.35 bits per heavy atom. The van der Waals surface area contributed by atoms with Crippen LogP contribution in [0.3, 0.4) is 0 Å². The summed E-state index contributed by atoms with van der Waals surface area (Å²) in [5.74, 6) is 0.564. The normalized spacial score (nSPS) is 10.4. The highest BCUT2D eigenvalue weighted by Crippen LogP contribution is 2.13. The summed E-state index contributed by atoms with van der Waals surface area (Å²) in [4.78, 5) is 25.4. The molecule has 1 aromatic carbocycles. The zero-order valence-corrected chi connectivity index (χ0v) is 14.6. The number of aryl methyl sites for hydroxylation is 2. The Kier molecular flexibility index (Phi) is 5.92. The average Bonchev–Trinajstić information content (AvgIpc) is 2.89. The maximum atomic E-state index is 12.1. The Morgan fingerprint density at radius 2 is 2.13 bits per heavy atom. The zero-order valence-electron chi connectivity index (χ0n) is 13.0. The topological polar surface area (TPSA) is 75.4 Å². The van der Waals surface area contributed by atoms with E-state index in [4.69, 9.17) is 4.52 Å². The Bertz CT molecular complexity index is 699. The van der Waals surface area contributed by atoms with Crippen LogP contribution < -0.4 is 5.32 Å². The number of hydrogen-bond donors (Lipinski definition) is 1. The van der Waals surface area contributed by atoms with Crippen molar-refractivity contribution in [2.45, 2.75) is 19.8 Å². The molecule has 7 heteroatoms. The molecular formula is C16H18BrN3O3. The fourth-order valence-corrected chi connectivity index (χ4v) is 2.49. The van der Waals surface area contributed by atoms with E-state index in [1.165, 1.54) is 4.90 Å². The van der Waals surface area contributed by atoms with Crippen LogP contribution in [0.15, 0.2) is 39.3 Å². The van der Waals surface area contributed by atoms with Crippen molar-refractivity contribution < 1.29 is 14.1 Å². The van der Waals surface area contributed by atoms with E-state index in [1.54, 1.807) is 20.0 Å². The first-order valence-corrected chi connectivity index (χ1v) is 7.95. The molecule has 0 spiro atoms. The van der Waals surface area contributed by atoms with E-state index in [2.05, 4.69) is 26.4 Å². The molecule has 2 amide bonds. The van der Waals surface area contributed by atoms with Gasteiger partial charge >= 0.3 is 0 Å². The van der Waals surface area contributed by atoms with E-state index in [0.717, 1.165) is 10.0 Å². The third kappa shape index (κ3) is 5.52. The molecule has 0 aliphatic heterocycles. The van der Waals surface area contributed by atoms with Gasteiger partial charge in [-0.3, -0.25) is 9.59 Å². The van der Waals surface area contributed by atoms with E-state index in [0.29, 0.717) is 24.4 Å². The van der Waals surface area contributed by atoms with Gasteiger partial charge in [0.2, 0.25) is 11.8 Å². The van der Waals surface area contributed by atoms with Gasteiger partial charge in [0.05, 0.1) is 6.54 Å². The molecule has 122 valence electrons. The minimum Gasteiger partial charge on any atom is -0.360 e. The maximum Gasteiger partial charge on any atom is 0.245 e. The summed E-state index contributed by atoms with van der Waals surface area (Å²) >= 11 is 3.40. The molecule has 0 aliphatic carbocycles. The highest BCUT2D eigenvalue weighted by molar-refractivity contribution is 9.10. The lowest BCUT2D eigenvalue weighted by atomic mass is 10.1. The number of carbonyl (C=O) groups is 2. The number of carbonyl (C=O) groups excluding carboxylic acids is 2. The number of anilines is 1. The number of nitrogens with zero attached hydrogens (tertiary/aromatic N) is 2. The van der Waals surface area contributed by atoms with Crippen LogP contribution in [0.1, 0.15) is 17.7 Å². The van der Waals surface area contributed by atoms with Gasteiger partial charge in [-0.1, -0.05) is 33.2 Å². The van der Waals surface area contributed by atoms with Crippen LogP contribution in [-0.2, 0) is 16.0 Å². The predicted molar refractivity (Wildman–Crippen MR) is 90.0 cm³/mol. The quantitative estimate of drug-likeness (QED) is 0.836. The fourth-order valence-electron chi connectivity index (χ4n) is 2.05. The van der Waals surface area contributed by atoms with Gasteiger partial charge in [0.1, 0.15) is 5.76 Å². The van der Waals surface area contributed by atoms with Gasteiger partial charge in [-0.25, -0.2) is 0 Å². The van der Waals surface area contributed by atoms with E-state index in [9.17, 15) is 9.59 Å². The lowest BCUT2D eigenvalue weighted by molar-refractivity contribution is -0.133. The van der Waals surface area contributed by atoms with Crippen molar-refractivity contribution >= 4 is 33.6 Å². The second-order valence-corrected chi connectivity index (χ2v) is 6.17. The number of likely N-dealkylation sites (N-methyl/N-ethyl adjacent to an activating group) is 1. The molecule has 0 saturated heterocycles. The fraction of sp³-hybridized carbons (Fsp3) is 0.312. The molecule has 0 saturated carbocycles. The molecule has 0 atom stereocenters. The maximum absolute atomic E-state index is 12.1. The van der Waals surface area contributed by atoms with Crippen LogP contribution in [0.25, 0.3) is 0 Å². The first-order chi connectivity index (χ1) is 10.9. The molecule has 2 rings (SSSR count). The summed E-state index contributed by atoms with van der Waals surface area (Å²) < 4.78 is 5.85. The number of benzene rings is 1. The van der Waals surface area contributed by atoms with Crippen LogP contribution >= 0.6 is 15.9 Å². The zero-order chi connectivity index (χ0) is 16.8. The molecule has 1 N–H and O–H groups in total. The van der Waals surface area contributed by atoms with Crippen molar-refractivity contribution in [1.82, 2.24) is 10.1 Å². The summed E-state index contributed by atoms with van der Waals surface area (Å²) in [6.45, 7) is 1.71. The van der Waals surface area contributed by atoms with Gasteiger partial charge in [0.15, 0.2) is 5.82 Å². The van der Waals surface area contributed by atoms with E-state index in [-0.39, 0.29) is 18.4 Å². The number of halogens is 1. The van der Waals surface area contributed by atoms with Gasteiger partial charge < -0.3 is 14.7 Å². The van der Waals surface area contributed by atoms with Crippen molar-refractivity contribution in [2.75, 3.05) is 18.9 Å². The third-order valence-corrected chi connectivity index (χ3v) is 3.71. The van der Waals surface area contributed by atoms with Crippen molar-refractivity contribution in [3.05, 3.63) is 46.1 Å². The summed E-state index contributed by atoms with van der Waals surface area (Å²) in [7, 11) is 1.61. The molecule has 0 radical (unpaired) electrons. The Morgan fingerprint density at radius 3 is 2.78 bits per heavy atom. The summed E-state index contributed by atoms with van der Waals surface area (Å²) in [5.41, 5.74) is 1.07. The number of aromatic nitrogens is 1. The van der Waals surface area contributed by atoms with Crippen molar-refractivity contribution in [3.63, 3.8) is 0 Å². The van der Waals surface area contributed by atoms with Gasteiger partial charge in [0.25, 0.3) is 0 Å². The van der Waals surface area contributed by atoms with Crippen LogP contribution in [-0.4, -0.2) is 35.5 Å². The monoisotopic (exact) mass is 379 g/mol. The van der Waals surface area contributed by atoms with Crippen LogP contribution in [0.5, 0.6) is 0 Å². The molecule has 0 aliphatic rings. The first kappa shape index (κ1) is 17.2. The smallest absolute Gasteiger partial charge is 0.245 e. The lowest BCUT2D eigenvalue weighted by Crippen LogP contribution is -2.35. The van der Waals surface area contributed by atoms with Crippen molar-refractivity contribution in [1.29, 1.82) is 0 Å². The molecule has 0 bridgehead atoms. The molecule has 2 aromatic rings. The largest absolute Gasteiger partial charge is 0.360 e. The van der Waals surface area contributed by atoms with E-state index >= 15 is 0 Å². The Labute approximate surface area is 143 Å². The molecule has 1 aromatic heterocycles. The summed E-state index contributed by atoms with van der Waals surface area (Å²) in [6, 6.07) is 9.44. The molecule has 0 fully saturated rings. The minimum absolute atomic E-state index is 0.0246. The van der Waals surface area contributed by atoms with Gasteiger partial charge in [-0.2, -0.15) is 0 Å². The molecule has 1 heterocycles. The van der Waals surface area contributed by atoms with Crippen LogP contribution in [0, 0.1) is 6.92 Å². The van der Waals surface area contributed by atoms with Gasteiger partial charge in [0, 0.05) is 24.0 Å². The second-order valence-electron chi connectivity index (χ2n) is 5.25. The van der Waals surface area contributed by atoms with Crippen LogP contribution in [0.2, 0.25) is 0 Å². The number of amides is 2.